The maximum absolute atomic E-state index is 14.8. The van der Waals surface area contributed by atoms with Crippen LogP contribution in [0.4, 0.5) is 8.78 Å². The number of fused-ring (bicyclic) bond motifs is 1. The van der Waals surface area contributed by atoms with Crippen molar-refractivity contribution in [2.45, 2.75) is 30.3 Å². The van der Waals surface area contributed by atoms with Crippen LogP contribution in [0, 0.1) is 0 Å². The van der Waals surface area contributed by atoms with Gasteiger partial charge in [-0.2, -0.15) is 0 Å². The summed E-state index contributed by atoms with van der Waals surface area (Å²) in [7, 11) is -3.84. The number of carbonyl (C=O) groups excluding carboxylic acids is 1. The molecule has 0 saturated carbocycles. The highest BCUT2D eigenvalue weighted by molar-refractivity contribution is 9.10. The average molecular weight is 462 g/mol. The molecule has 2 aromatic rings. The van der Waals surface area contributed by atoms with Crippen LogP contribution in [0.3, 0.4) is 0 Å². The third kappa shape index (κ3) is 3.81. The quantitative estimate of drug-likeness (QED) is 0.639. The van der Waals surface area contributed by atoms with Crippen molar-refractivity contribution in [2.75, 3.05) is 6.26 Å². The summed E-state index contributed by atoms with van der Waals surface area (Å²) in [6.07, 6.45) is -2.38. The number of sulfone groups is 1. The summed E-state index contributed by atoms with van der Waals surface area (Å²) in [4.78, 5) is 14.9. The molecule has 10 heteroatoms. The molecule has 0 amide bonds. The van der Waals surface area contributed by atoms with E-state index in [2.05, 4.69) is 20.9 Å². The number of esters is 1. The van der Waals surface area contributed by atoms with Gasteiger partial charge in [-0.15, -0.1) is 0 Å². The first-order valence-corrected chi connectivity index (χ1v) is 10.4. The Morgan fingerprint density at radius 1 is 1.22 bits per heavy atom. The zero-order chi connectivity index (χ0) is 19.9. The Morgan fingerprint density at radius 3 is 2.52 bits per heavy atom. The number of halogens is 3. The molecule has 0 saturated heterocycles. The Balaban J connectivity index is 2.19. The van der Waals surface area contributed by atoms with Gasteiger partial charge in [0.1, 0.15) is 11.5 Å². The van der Waals surface area contributed by atoms with Crippen LogP contribution in [0.5, 0.6) is 11.5 Å². The van der Waals surface area contributed by atoms with Crippen molar-refractivity contribution < 1.29 is 31.5 Å². The van der Waals surface area contributed by atoms with Crippen LogP contribution in [0.25, 0.3) is 0 Å². The summed E-state index contributed by atoms with van der Waals surface area (Å²) in [5.74, 6) is -0.705. The summed E-state index contributed by atoms with van der Waals surface area (Å²) >= 11 is 3.22. The van der Waals surface area contributed by atoms with Crippen molar-refractivity contribution >= 4 is 31.7 Å². The maximum Gasteiger partial charge on any atom is 0.303 e. The number of ether oxygens (including phenoxy) is 2. The largest absolute Gasteiger partial charge is 0.455 e. The number of aromatic nitrogens is 1. The van der Waals surface area contributed by atoms with E-state index >= 15 is 0 Å². The van der Waals surface area contributed by atoms with Gasteiger partial charge in [-0.3, -0.25) is 9.78 Å². The second kappa shape index (κ2) is 7.16. The molecule has 0 N–H and O–H groups in total. The van der Waals surface area contributed by atoms with Gasteiger partial charge in [0.15, 0.2) is 28.3 Å². The molecule has 3 unspecified atom stereocenters. The molecule has 3 atom stereocenters. The number of hydrogen-bond donors (Lipinski definition) is 0. The third-order valence-corrected chi connectivity index (χ3v) is 5.52. The Labute approximate surface area is 162 Å². The van der Waals surface area contributed by atoms with Crippen LogP contribution in [0.1, 0.15) is 30.3 Å². The van der Waals surface area contributed by atoms with Gasteiger partial charge in [0.2, 0.25) is 0 Å². The lowest BCUT2D eigenvalue weighted by molar-refractivity contribution is -0.150. The van der Waals surface area contributed by atoms with E-state index in [0.29, 0.717) is 4.47 Å². The Hall–Kier alpha value is -2.07. The monoisotopic (exact) mass is 461 g/mol. The van der Waals surface area contributed by atoms with Crippen LogP contribution in [-0.2, 0) is 19.4 Å². The lowest BCUT2D eigenvalue weighted by atomic mass is 10.1. The number of benzene rings is 1. The molecule has 1 aromatic heterocycles. The van der Waals surface area contributed by atoms with Gasteiger partial charge in [0, 0.05) is 35.0 Å². The van der Waals surface area contributed by atoms with Crippen molar-refractivity contribution in [3.8, 4) is 11.5 Å². The minimum atomic E-state index is -3.84. The topological polar surface area (TPSA) is 82.6 Å². The van der Waals surface area contributed by atoms with Gasteiger partial charge in [0.05, 0.1) is 11.1 Å². The SMILES string of the molecule is CC(=O)OC1c2c(S(C)(=O)=O)ccc(Oc3cncc(Br)c3)c2C(F)C1F. The Bertz CT molecular complexity index is 1010. The van der Waals surface area contributed by atoms with E-state index in [4.69, 9.17) is 9.47 Å². The molecule has 6 nitrogen and oxygen atoms in total. The summed E-state index contributed by atoms with van der Waals surface area (Å²) in [5.41, 5.74) is -0.537. The minimum Gasteiger partial charge on any atom is -0.455 e. The van der Waals surface area contributed by atoms with E-state index in [1.54, 1.807) is 6.07 Å². The maximum atomic E-state index is 14.8. The second-order valence-corrected chi connectivity index (χ2v) is 8.88. The molecular formula is C17H14BrF2NO5S. The molecule has 1 heterocycles. The lowest BCUT2D eigenvalue weighted by Crippen LogP contribution is -2.18. The molecule has 0 aliphatic heterocycles. The molecule has 144 valence electrons. The molecule has 3 rings (SSSR count). The first kappa shape index (κ1) is 19.7. The van der Waals surface area contributed by atoms with E-state index in [-0.39, 0.29) is 27.5 Å². The van der Waals surface area contributed by atoms with E-state index in [1.165, 1.54) is 24.5 Å². The molecule has 0 spiro atoms. The highest BCUT2D eigenvalue weighted by Crippen LogP contribution is 2.52. The third-order valence-electron chi connectivity index (χ3n) is 3.94. The second-order valence-electron chi connectivity index (χ2n) is 5.98. The smallest absolute Gasteiger partial charge is 0.303 e. The molecule has 0 bridgehead atoms. The van der Waals surface area contributed by atoms with Gasteiger partial charge < -0.3 is 9.47 Å². The summed E-state index contributed by atoms with van der Waals surface area (Å²) in [6, 6.07) is 3.98. The molecule has 0 fully saturated rings. The molecule has 27 heavy (non-hydrogen) atoms. The van der Waals surface area contributed by atoms with Gasteiger partial charge in [-0.05, 0) is 34.1 Å². The number of pyridine rings is 1. The van der Waals surface area contributed by atoms with Gasteiger partial charge in [0.25, 0.3) is 0 Å². The fourth-order valence-corrected chi connectivity index (χ4v) is 4.22. The Morgan fingerprint density at radius 2 is 1.93 bits per heavy atom. The molecule has 1 aliphatic carbocycles. The highest BCUT2D eigenvalue weighted by Gasteiger charge is 2.48. The van der Waals surface area contributed by atoms with Crippen molar-refractivity contribution in [3.05, 3.63) is 46.2 Å². The molecule has 0 radical (unpaired) electrons. The fraction of sp³-hybridized carbons (Fsp3) is 0.294. The number of rotatable bonds is 4. The predicted molar refractivity (Wildman–Crippen MR) is 94.8 cm³/mol. The Kier molecular flexibility index (Phi) is 5.22. The fourth-order valence-electron chi connectivity index (χ4n) is 2.94. The van der Waals surface area contributed by atoms with Crippen LogP contribution in [-0.4, -0.2) is 31.8 Å². The average Bonchev–Trinajstić information content (AvgIpc) is 2.79. The molecule has 1 aliphatic rings. The minimum absolute atomic E-state index is 0.0814. The highest BCUT2D eigenvalue weighted by atomic mass is 79.9. The summed E-state index contributed by atoms with van der Waals surface area (Å²) in [5, 5.41) is 0. The summed E-state index contributed by atoms with van der Waals surface area (Å²) < 4.78 is 64.6. The van der Waals surface area contributed by atoms with Gasteiger partial charge in [-0.1, -0.05) is 0 Å². The first-order valence-electron chi connectivity index (χ1n) is 7.70. The van der Waals surface area contributed by atoms with Crippen molar-refractivity contribution in [3.63, 3.8) is 0 Å². The van der Waals surface area contributed by atoms with Crippen LogP contribution >= 0.6 is 15.9 Å². The van der Waals surface area contributed by atoms with Crippen molar-refractivity contribution in [2.24, 2.45) is 0 Å². The van der Waals surface area contributed by atoms with Gasteiger partial charge in [-0.25, -0.2) is 17.2 Å². The van der Waals surface area contributed by atoms with Crippen LogP contribution in [0.2, 0.25) is 0 Å². The van der Waals surface area contributed by atoms with Crippen LogP contribution in [0.15, 0.2) is 40.0 Å². The van der Waals surface area contributed by atoms with Gasteiger partial charge >= 0.3 is 5.97 Å². The zero-order valence-electron chi connectivity index (χ0n) is 14.1. The molecular weight excluding hydrogens is 448 g/mol. The standard InChI is InChI=1S/C17H14BrF2NO5S/c1-8(22)25-17-14-12(27(2,23)24)4-3-11(13(14)15(19)16(17)20)26-10-5-9(18)6-21-7-10/h3-7,15-17H,1-2H3. The summed E-state index contributed by atoms with van der Waals surface area (Å²) in [6.45, 7) is 1.03. The zero-order valence-corrected chi connectivity index (χ0v) is 16.6. The van der Waals surface area contributed by atoms with Crippen molar-refractivity contribution in [1.82, 2.24) is 4.98 Å². The van der Waals surface area contributed by atoms with Crippen molar-refractivity contribution in [1.29, 1.82) is 0 Å². The van der Waals surface area contributed by atoms with E-state index in [0.717, 1.165) is 13.2 Å². The van der Waals surface area contributed by atoms with E-state index in [9.17, 15) is 22.0 Å². The predicted octanol–water partition coefficient (Wildman–Crippen LogP) is 4.01. The molecule has 1 aromatic carbocycles. The van der Waals surface area contributed by atoms with E-state index < -0.39 is 34.3 Å². The lowest BCUT2D eigenvalue weighted by Gasteiger charge is -2.17. The first-order chi connectivity index (χ1) is 12.6. The number of nitrogens with zero attached hydrogens (tertiary/aromatic N) is 1. The van der Waals surface area contributed by atoms with E-state index in [1.807, 2.05) is 0 Å². The number of hydrogen-bond acceptors (Lipinski definition) is 6. The number of alkyl halides is 2. The van der Waals surface area contributed by atoms with Crippen LogP contribution < -0.4 is 4.74 Å². The number of carbonyl (C=O) groups is 1. The normalized spacial score (nSPS) is 21.6.